The first-order valence-electron chi connectivity index (χ1n) is 7.74. The van der Waals surface area contributed by atoms with Crippen LogP contribution in [0.5, 0.6) is 0 Å². The summed E-state index contributed by atoms with van der Waals surface area (Å²) in [6, 6.07) is 5.82. The first-order valence-corrected chi connectivity index (χ1v) is 9.47. The molecule has 21 heavy (non-hydrogen) atoms. The predicted octanol–water partition coefficient (Wildman–Crippen LogP) is 3.78. The molecule has 1 aromatic carbocycles. The lowest BCUT2D eigenvalue weighted by molar-refractivity contribution is -0.116. The summed E-state index contributed by atoms with van der Waals surface area (Å²) in [5, 5.41) is 3.01. The summed E-state index contributed by atoms with van der Waals surface area (Å²) >= 11 is 0. The molecule has 0 heterocycles. The fraction of sp³-hybridized carbons (Fsp3) is 0.588. The van der Waals surface area contributed by atoms with Crippen molar-refractivity contribution in [2.45, 2.75) is 51.2 Å². The highest BCUT2D eigenvalue weighted by molar-refractivity contribution is 7.83. The Morgan fingerprint density at radius 3 is 2.71 bits per heavy atom. The second-order valence-corrected chi connectivity index (χ2v) is 7.48. The highest BCUT2D eigenvalue weighted by atomic mass is 32.2. The normalized spacial score (nSPS) is 16.9. The third-order valence-corrected chi connectivity index (χ3v) is 5.05. The van der Waals surface area contributed by atoms with E-state index in [4.69, 9.17) is 0 Å². The predicted molar refractivity (Wildman–Crippen MR) is 88.8 cm³/mol. The topological polar surface area (TPSA) is 46.2 Å². The molecule has 1 N–H and O–H groups in total. The van der Waals surface area contributed by atoms with Crippen LogP contribution in [0.2, 0.25) is 0 Å². The van der Waals surface area contributed by atoms with Crippen LogP contribution in [-0.4, -0.2) is 16.4 Å². The first-order chi connectivity index (χ1) is 10.1. The van der Waals surface area contributed by atoms with Crippen LogP contribution in [-0.2, 0) is 21.3 Å². The van der Waals surface area contributed by atoms with Gasteiger partial charge in [-0.15, -0.1) is 0 Å². The van der Waals surface area contributed by atoms with Gasteiger partial charge in [-0.3, -0.25) is 9.00 Å². The van der Waals surface area contributed by atoms with Gasteiger partial charge in [-0.2, -0.15) is 0 Å². The Balaban J connectivity index is 1.92. The van der Waals surface area contributed by atoms with Crippen molar-refractivity contribution in [2.24, 2.45) is 5.92 Å². The van der Waals surface area contributed by atoms with E-state index in [0.717, 1.165) is 29.2 Å². The molecule has 0 spiro atoms. The number of amides is 1. The van der Waals surface area contributed by atoms with E-state index in [1.807, 2.05) is 25.1 Å². The Morgan fingerprint density at radius 2 is 2.05 bits per heavy atom. The van der Waals surface area contributed by atoms with Gasteiger partial charge < -0.3 is 5.32 Å². The molecule has 0 aliphatic heterocycles. The summed E-state index contributed by atoms with van der Waals surface area (Å²) in [7, 11) is -0.866. The monoisotopic (exact) mass is 307 g/mol. The van der Waals surface area contributed by atoms with Gasteiger partial charge in [0.05, 0.1) is 0 Å². The lowest BCUT2D eigenvalue weighted by Gasteiger charge is -2.13. The minimum atomic E-state index is -0.866. The molecule has 116 valence electrons. The zero-order valence-electron chi connectivity index (χ0n) is 13.0. The van der Waals surface area contributed by atoms with Crippen molar-refractivity contribution in [2.75, 3.05) is 11.6 Å². The van der Waals surface area contributed by atoms with Crippen molar-refractivity contribution in [3.8, 4) is 0 Å². The summed E-state index contributed by atoms with van der Waals surface area (Å²) < 4.78 is 11.4. The van der Waals surface area contributed by atoms with Crippen LogP contribution in [0.4, 0.5) is 5.69 Å². The minimum Gasteiger partial charge on any atom is -0.326 e. The van der Waals surface area contributed by atoms with E-state index < -0.39 is 10.8 Å². The lowest BCUT2D eigenvalue weighted by Crippen LogP contribution is -2.14. The molecule has 0 unspecified atom stereocenters. The van der Waals surface area contributed by atoms with Crippen LogP contribution >= 0.6 is 0 Å². The third kappa shape index (κ3) is 4.95. The zero-order valence-corrected chi connectivity index (χ0v) is 13.8. The van der Waals surface area contributed by atoms with Crippen LogP contribution in [0.25, 0.3) is 0 Å². The molecule has 1 fully saturated rings. The molecule has 0 aromatic heterocycles. The molecule has 1 aliphatic carbocycles. The van der Waals surface area contributed by atoms with E-state index in [1.54, 1.807) is 6.26 Å². The summed E-state index contributed by atoms with van der Waals surface area (Å²) in [6.45, 7) is 1.98. The quantitative estimate of drug-likeness (QED) is 0.869. The standard InChI is InChI=1S/C17H25NO2S/c1-13-15(12-21(2)20)8-5-9-16(13)18-17(19)11-10-14-6-3-4-7-14/h5,8-9,14H,3-4,6-7,10-12H2,1-2H3,(H,18,19)/t21-/m1/s1. The van der Waals surface area contributed by atoms with Crippen molar-refractivity contribution in [1.29, 1.82) is 0 Å². The Bertz CT molecular complexity index is 522. The average Bonchev–Trinajstić information content (AvgIpc) is 2.94. The second-order valence-electron chi connectivity index (χ2n) is 6.04. The fourth-order valence-corrected chi connectivity index (χ4v) is 3.79. The molecular formula is C17H25NO2S. The van der Waals surface area contributed by atoms with E-state index in [1.165, 1.54) is 25.7 Å². The average molecular weight is 307 g/mol. The van der Waals surface area contributed by atoms with Gasteiger partial charge in [0.15, 0.2) is 0 Å². The fourth-order valence-electron chi connectivity index (χ4n) is 3.04. The maximum absolute atomic E-state index is 12.1. The number of hydrogen-bond acceptors (Lipinski definition) is 2. The van der Waals surface area contributed by atoms with Crippen molar-refractivity contribution in [1.82, 2.24) is 0 Å². The number of hydrogen-bond donors (Lipinski definition) is 1. The van der Waals surface area contributed by atoms with Crippen LogP contribution in [0.15, 0.2) is 18.2 Å². The number of carbonyl (C=O) groups is 1. The molecule has 0 saturated heterocycles. The summed E-state index contributed by atoms with van der Waals surface area (Å²) in [6.07, 6.45) is 8.52. The van der Waals surface area contributed by atoms with Crippen molar-refractivity contribution in [3.63, 3.8) is 0 Å². The molecule has 4 heteroatoms. The summed E-state index contributed by atoms with van der Waals surface area (Å²) in [5.74, 6) is 1.38. The van der Waals surface area contributed by atoms with Crippen molar-refractivity contribution < 1.29 is 9.00 Å². The molecule has 1 amide bonds. The summed E-state index contributed by atoms with van der Waals surface area (Å²) in [4.78, 5) is 12.1. The number of carbonyl (C=O) groups excluding carboxylic acids is 1. The van der Waals surface area contributed by atoms with Gasteiger partial charge in [-0.25, -0.2) is 0 Å². The van der Waals surface area contributed by atoms with E-state index in [-0.39, 0.29) is 5.91 Å². The number of nitrogens with one attached hydrogen (secondary N) is 1. The Morgan fingerprint density at radius 1 is 1.33 bits per heavy atom. The van der Waals surface area contributed by atoms with Crippen molar-refractivity contribution >= 4 is 22.4 Å². The van der Waals surface area contributed by atoms with Gasteiger partial charge in [0.1, 0.15) is 0 Å². The van der Waals surface area contributed by atoms with E-state index >= 15 is 0 Å². The number of anilines is 1. The Kier molecular flexibility index (Phi) is 5.97. The smallest absolute Gasteiger partial charge is 0.224 e. The SMILES string of the molecule is Cc1c(C[S@@](C)=O)cccc1NC(=O)CCC1CCCC1. The van der Waals surface area contributed by atoms with Gasteiger partial charge in [-0.05, 0) is 36.5 Å². The van der Waals surface area contributed by atoms with Crippen LogP contribution in [0.3, 0.4) is 0 Å². The van der Waals surface area contributed by atoms with Gasteiger partial charge in [0.2, 0.25) is 5.91 Å². The molecule has 1 aliphatic rings. The zero-order chi connectivity index (χ0) is 15.2. The molecule has 2 rings (SSSR count). The Hall–Kier alpha value is -1.16. The lowest BCUT2D eigenvalue weighted by atomic mass is 10.0. The number of benzene rings is 1. The maximum Gasteiger partial charge on any atom is 0.224 e. The Labute approximate surface area is 130 Å². The largest absolute Gasteiger partial charge is 0.326 e. The molecule has 3 nitrogen and oxygen atoms in total. The maximum atomic E-state index is 12.1. The van der Waals surface area contributed by atoms with Gasteiger partial charge >= 0.3 is 0 Å². The minimum absolute atomic E-state index is 0.0970. The molecule has 1 aromatic rings. The van der Waals surface area contributed by atoms with E-state index in [2.05, 4.69) is 5.32 Å². The van der Waals surface area contributed by atoms with Gasteiger partial charge in [0.25, 0.3) is 0 Å². The molecule has 0 radical (unpaired) electrons. The summed E-state index contributed by atoms with van der Waals surface area (Å²) in [5.41, 5.74) is 2.93. The van der Waals surface area contributed by atoms with Crippen LogP contribution in [0.1, 0.15) is 49.7 Å². The van der Waals surface area contributed by atoms with E-state index in [0.29, 0.717) is 12.2 Å². The van der Waals surface area contributed by atoms with Gasteiger partial charge in [0, 0.05) is 34.9 Å². The first kappa shape index (κ1) is 16.2. The van der Waals surface area contributed by atoms with Crippen LogP contribution < -0.4 is 5.32 Å². The highest BCUT2D eigenvalue weighted by Gasteiger charge is 2.16. The molecule has 1 atom stereocenters. The number of rotatable bonds is 6. The molecular weight excluding hydrogens is 282 g/mol. The van der Waals surface area contributed by atoms with Gasteiger partial charge in [-0.1, -0.05) is 37.8 Å². The third-order valence-electron chi connectivity index (χ3n) is 4.33. The molecule has 1 saturated carbocycles. The van der Waals surface area contributed by atoms with Crippen LogP contribution in [0, 0.1) is 12.8 Å². The van der Waals surface area contributed by atoms with E-state index in [9.17, 15) is 9.00 Å². The highest BCUT2D eigenvalue weighted by Crippen LogP contribution is 2.28. The second kappa shape index (κ2) is 7.74. The van der Waals surface area contributed by atoms with Crippen molar-refractivity contribution in [3.05, 3.63) is 29.3 Å². The molecule has 0 bridgehead atoms.